The quantitative estimate of drug-likeness (QED) is 0.730. The normalized spacial score (nSPS) is 12.6. The van der Waals surface area contributed by atoms with E-state index in [9.17, 15) is 4.79 Å². The molecule has 3 aromatic rings. The third-order valence-electron chi connectivity index (χ3n) is 3.81. The molecule has 0 saturated heterocycles. The Morgan fingerprint density at radius 3 is 2.87 bits per heavy atom. The van der Waals surface area contributed by atoms with Crippen LogP contribution in [0.4, 0.5) is 11.5 Å². The maximum atomic E-state index is 12.4. The average Bonchev–Trinajstić information content (AvgIpc) is 3.12. The number of benzene rings is 1. The molecule has 0 aliphatic carbocycles. The summed E-state index contributed by atoms with van der Waals surface area (Å²) in [5.41, 5.74) is 2.30. The minimum atomic E-state index is -0.0994. The van der Waals surface area contributed by atoms with Crippen molar-refractivity contribution in [3.05, 3.63) is 48.3 Å². The monoisotopic (exact) mass is 309 g/mol. The SMILES string of the molecule is CC(=O)N(c1ccc2c(c1)OCO2)c1c(C)nc2ccccn12. The number of carbonyl (C=O) groups excluding carboxylic acids is 1. The van der Waals surface area contributed by atoms with Gasteiger partial charge in [0.2, 0.25) is 12.7 Å². The number of pyridine rings is 1. The molecule has 0 saturated carbocycles. The fourth-order valence-electron chi connectivity index (χ4n) is 2.85. The van der Waals surface area contributed by atoms with Gasteiger partial charge in [-0.3, -0.25) is 14.1 Å². The van der Waals surface area contributed by atoms with Gasteiger partial charge in [0.1, 0.15) is 11.5 Å². The topological polar surface area (TPSA) is 56.1 Å². The van der Waals surface area contributed by atoms with Crippen molar-refractivity contribution < 1.29 is 14.3 Å². The summed E-state index contributed by atoms with van der Waals surface area (Å²) in [5, 5.41) is 0. The molecule has 0 bridgehead atoms. The van der Waals surface area contributed by atoms with E-state index in [0.29, 0.717) is 11.5 Å². The van der Waals surface area contributed by atoms with E-state index in [0.717, 1.165) is 22.8 Å². The second-order valence-electron chi connectivity index (χ2n) is 5.34. The summed E-state index contributed by atoms with van der Waals surface area (Å²) in [5.74, 6) is 1.96. The molecule has 6 nitrogen and oxygen atoms in total. The fraction of sp³-hybridized carbons (Fsp3) is 0.176. The maximum absolute atomic E-state index is 12.4. The molecular weight excluding hydrogens is 294 g/mol. The molecule has 0 spiro atoms. The molecule has 0 fully saturated rings. The Hall–Kier alpha value is -3.02. The lowest BCUT2D eigenvalue weighted by Gasteiger charge is -2.21. The number of imidazole rings is 1. The highest BCUT2D eigenvalue weighted by molar-refractivity contribution is 5.99. The number of aromatic nitrogens is 2. The van der Waals surface area contributed by atoms with Gasteiger partial charge >= 0.3 is 0 Å². The standard InChI is InChI=1S/C17H15N3O3/c1-11-17(19-8-4-3-5-16(19)18-11)20(12(2)21)13-6-7-14-15(9-13)23-10-22-14/h3-9H,10H2,1-2H3. The zero-order chi connectivity index (χ0) is 16.0. The Morgan fingerprint density at radius 1 is 1.22 bits per heavy atom. The molecule has 0 N–H and O–H groups in total. The van der Waals surface area contributed by atoms with E-state index >= 15 is 0 Å². The highest BCUT2D eigenvalue weighted by Gasteiger charge is 2.23. The molecule has 2 aromatic heterocycles. The van der Waals surface area contributed by atoms with E-state index in [1.165, 1.54) is 6.92 Å². The number of hydrogen-bond acceptors (Lipinski definition) is 4. The number of amides is 1. The number of hydrogen-bond donors (Lipinski definition) is 0. The maximum Gasteiger partial charge on any atom is 0.231 e. The van der Waals surface area contributed by atoms with Crippen molar-refractivity contribution in [1.29, 1.82) is 0 Å². The lowest BCUT2D eigenvalue weighted by atomic mass is 10.2. The van der Waals surface area contributed by atoms with E-state index < -0.39 is 0 Å². The van der Waals surface area contributed by atoms with Gasteiger partial charge in [0.05, 0.1) is 11.4 Å². The first-order valence-electron chi connectivity index (χ1n) is 7.29. The second kappa shape index (κ2) is 5.01. The van der Waals surface area contributed by atoms with Crippen LogP contribution in [0.3, 0.4) is 0 Å². The molecular formula is C17H15N3O3. The third kappa shape index (κ3) is 2.11. The Morgan fingerprint density at radius 2 is 2.04 bits per heavy atom. The second-order valence-corrected chi connectivity index (χ2v) is 5.34. The van der Waals surface area contributed by atoms with Gasteiger partial charge in [-0.05, 0) is 31.2 Å². The molecule has 0 unspecified atom stereocenters. The van der Waals surface area contributed by atoms with Crippen LogP contribution in [0.25, 0.3) is 5.65 Å². The first-order chi connectivity index (χ1) is 11.1. The molecule has 0 atom stereocenters. The van der Waals surface area contributed by atoms with Crippen LogP contribution in [0.2, 0.25) is 0 Å². The molecule has 116 valence electrons. The van der Waals surface area contributed by atoms with Gasteiger partial charge in [0, 0.05) is 19.2 Å². The van der Waals surface area contributed by atoms with Crippen LogP contribution in [0, 0.1) is 6.92 Å². The van der Waals surface area contributed by atoms with E-state index in [1.807, 2.05) is 53.9 Å². The molecule has 1 aromatic carbocycles. The molecule has 0 radical (unpaired) electrons. The number of nitrogens with zero attached hydrogens (tertiary/aromatic N) is 3. The first kappa shape index (κ1) is 13.6. The average molecular weight is 309 g/mol. The van der Waals surface area contributed by atoms with Gasteiger partial charge in [0.15, 0.2) is 11.5 Å². The predicted molar refractivity (Wildman–Crippen MR) is 85.3 cm³/mol. The summed E-state index contributed by atoms with van der Waals surface area (Å²) < 4.78 is 12.7. The molecule has 1 aliphatic rings. The van der Waals surface area contributed by atoms with Gasteiger partial charge in [-0.1, -0.05) is 6.07 Å². The van der Waals surface area contributed by atoms with Crippen LogP contribution in [-0.2, 0) is 4.79 Å². The Kier molecular flexibility index (Phi) is 2.97. The predicted octanol–water partition coefficient (Wildman–Crippen LogP) is 3.06. The Bertz CT molecular complexity index is 917. The minimum absolute atomic E-state index is 0.0994. The summed E-state index contributed by atoms with van der Waals surface area (Å²) in [6, 6.07) is 11.2. The highest BCUT2D eigenvalue weighted by Crippen LogP contribution is 2.38. The van der Waals surface area contributed by atoms with Crippen LogP contribution in [0.15, 0.2) is 42.6 Å². The lowest BCUT2D eigenvalue weighted by Crippen LogP contribution is -2.24. The van der Waals surface area contributed by atoms with Crippen LogP contribution in [-0.4, -0.2) is 22.1 Å². The van der Waals surface area contributed by atoms with Gasteiger partial charge in [0.25, 0.3) is 0 Å². The number of rotatable bonds is 2. The summed E-state index contributed by atoms with van der Waals surface area (Å²) in [4.78, 5) is 18.5. The molecule has 1 aliphatic heterocycles. The van der Waals surface area contributed by atoms with Crippen molar-refractivity contribution in [2.24, 2.45) is 0 Å². The van der Waals surface area contributed by atoms with Crippen molar-refractivity contribution in [2.45, 2.75) is 13.8 Å². The smallest absolute Gasteiger partial charge is 0.231 e. The van der Waals surface area contributed by atoms with E-state index in [1.54, 1.807) is 4.90 Å². The van der Waals surface area contributed by atoms with E-state index in [2.05, 4.69) is 4.98 Å². The number of carbonyl (C=O) groups is 1. The van der Waals surface area contributed by atoms with Crippen molar-refractivity contribution in [3.63, 3.8) is 0 Å². The zero-order valence-corrected chi connectivity index (χ0v) is 12.8. The molecule has 1 amide bonds. The van der Waals surface area contributed by atoms with Gasteiger partial charge in [-0.25, -0.2) is 4.98 Å². The summed E-state index contributed by atoms with van der Waals surface area (Å²) >= 11 is 0. The third-order valence-corrected chi connectivity index (χ3v) is 3.81. The van der Waals surface area contributed by atoms with Crippen LogP contribution >= 0.6 is 0 Å². The van der Waals surface area contributed by atoms with Crippen molar-refractivity contribution in [3.8, 4) is 11.5 Å². The Balaban J connectivity index is 1.91. The van der Waals surface area contributed by atoms with Crippen molar-refractivity contribution >= 4 is 23.1 Å². The van der Waals surface area contributed by atoms with Gasteiger partial charge in [-0.15, -0.1) is 0 Å². The summed E-state index contributed by atoms with van der Waals surface area (Å²) in [7, 11) is 0. The number of ether oxygens (including phenoxy) is 2. The van der Waals surface area contributed by atoms with Crippen LogP contribution in [0.1, 0.15) is 12.6 Å². The molecule has 6 heteroatoms. The lowest BCUT2D eigenvalue weighted by molar-refractivity contribution is -0.115. The minimum Gasteiger partial charge on any atom is -0.454 e. The summed E-state index contributed by atoms with van der Waals surface area (Å²) in [6.07, 6.45) is 1.90. The summed E-state index contributed by atoms with van der Waals surface area (Å²) in [6.45, 7) is 3.63. The number of fused-ring (bicyclic) bond motifs is 2. The highest BCUT2D eigenvalue weighted by atomic mass is 16.7. The fourth-order valence-corrected chi connectivity index (χ4v) is 2.85. The largest absolute Gasteiger partial charge is 0.454 e. The molecule has 23 heavy (non-hydrogen) atoms. The van der Waals surface area contributed by atoms with E-state index in [-0.39, 0.29) is 12.7 Å². The van der Waals surface area contributed by atoms with Gasteiger partial charge in [-0.2, -0.15) is 0 Å². The van der Waals surface area contributed by atoms with Crippen molar-refractivity contribution in [1.82, 2.24) is 9.38 Å². The van der Waals surface area contributed by atoms with E-state index in [4.69, 9.17) is 9.47 Å². The number of anilines is 2. The zero-order valence-electron chi connectivity index (χ0n) is 12.8. The van der Waals surface area contributed by atoms with Crippen LogP contribution < -0.4 is 14.4 Å². The molecule has 3 heterocycles. The number of aryl methyl sites for hydroxylation is 1. The Labute approximate surface area is 132 Å². The van der Waals surface area contributed by atoms with Gasteiger partial charge < -0.3 is 9.47 Å². The molecule has 4 rings (SSSR count). The van der Waals surface area contributed by atoms with Crippen LogP contribution in [0.5, 0.6) is 11.5 Å². The van der Waals surface area contributed by atoms with Crippen molar-refractivity contribution in [2.75, 3.05) is 11.7 Å². The first-order valence-corrected chi connectivity index (χ1v) is 7.29.